The molecule has 1 saturated heterocycles. The third-order valence-electron chi connectivity index (χ3n) is 4.30. The fraction of sp³-hybridized carbons (Fsp3) is 0.412. The Morgan fingerprint density at radius 2 is 1.65 bits per heavy atom. The van der Waals surface area contributed by atoms with Gasteiger partial charge >= 0.3 is 0 Å². The van der Waals surface area contributed by atoms with Crippen molar-refractivity contribution in [2.75, 3.05) is 44.7 Å². The van der Waals surface area contributed by atoms with Crippen molar-refractivity contribution in [3.63, 3.8) is 0 Å². The molecule has 3 rings (SSSR count). The van der Waals surface area contributed by atoms with Crippen molar-refractivity contribution in [1.82, 2.24) is 14.9 Å². The number of anilines is 1. The first-order valence-corrected chi connectivity index (χ1v) is 7.79. The molecule has 1 atom stereocenters. The van der Waals surface area contributed by atoms with Crippen LogP contribution in [0.5, 0.6) is 0 Å². The summed E-state index contributed by atoms with van der Waals surface area (Å²) in [6.07, 6.45) is 3.51. The predicted molar refractivity (Wildman–Crippen MR) is 87.1 cm³/mol. The molecule has 23 heavy (non-hydrogen) atoms. The van der Waals surface area contributed by atoms with Crippen LogP contribution in [0.25, 0.3) is 0 Å². The van der Waals surface area contributed by atoms with E-state index in [0.717, 1.165) is 43.3 Å². The van der Waals surface area contributed by atoms with Crippen molar-refractivity contribution in [2.24, 2.45) is 0 Å². The minimum absolute atomic E-state index is 0.0666. The number of hydrogen-bond donors (Lipinski definition) is 1. The fourth-order valence-electron chi connectivity index (χ4n) is 2.78. The smallest absolute Gasteiger partial charge is 0.225 e. The first-order chi connectivity index (χ1) is 11.2. The summed E-state index contributed by atoms with van der Waals surface area (Å²) in [5.41, 5.74) is 1.68. The molecule has 1 N–H and O–H groups in total. The van der Waals surface area contributed by atoms with Gasteiger partial charge in [-0.1, -0.05) is 12.1 Å². The van der Waals surface area contributed by atoms with E-state index < -0.39 is 0 Å². The van der Waals surface area contributed by atoms with Gasteiger partial charge in [-0.25, -0.2) is 14.4 Å². The van der Waals surface area contributed by atoms with E-state index in [9.17, 15) is 9.50 Å². The van der Waals surface area contributed by atoms with Crippen LogP contribution in [0.2, 0.25) is 0 Å². The molecule has 1 aliphatic heterocycles. The van der Waals surface area contributed by atoms with E-state index in [2.05, 4.69) is 26.8 Å². The Morgan fingerprint density at radius 3 is 2.22 bits per heavy atom. The van der Waals surface area contributed by atoms with Gasteiger partial charge < -0.3 is 14.9 Å². The molecule has 0 spiro atoms. The molecule has 1 aromatic heterocycles. The molecular weight excluding hydrogens is 295 g/mol. The molecule has 2 heterocycles. The molecule has 1 unspecified atom stereocenters. The van der Waals surface area contributed by atoms with Gasteiger partial charge in [0.15, 0.2) is 0 Å². The third-order valence-corrected chi connectivity index (χ3v) is 4.30. The highest BCUT2D eigenvalue weighted by atomic mass is 19.1. The largest absolute Gasteiger partial charge is 0.395 e. The zero-order valence-electron chi connectivity index (χ0n) is 13.2. The van der Waals surface area contributed by atoms with Crippen molar-refractivity contribution >= 4 is 5.95 Å². The second kappa shape index (κ2) is 7.02. The Balaban J connectivity index is 1.76. The average Bonchev–Trinajstić information content (AvgIpc) is 2.59. The summed E-state index contributed by atoms with van der Waals surface area (Å²) >= 11 is 0. The number of rotatable bonds is 4. The predicted octanol–water partition coefficient (Wildman–Crippen LogP) is 1.49. The van der Waals surface area contributed by atoms with Gasteiger partial charge in [0.2, 0.25) is 5.95 Å². The number of piperazine rings is 1. The van der Waals surface area contributed by atoms with Crippen molar-refractivity contribution in [1.29, 1.82) is 0 Å². The monoisotopic (exact) mass is 316 g/mol. The van der Waals surface area contributed by atoms with Gasteiger partial charge in [0, 0.05) is 44.5 Å². The molecule has 0 bridgehead atoms. The Bertz CT molecular complexity index is 624. The van der Waals surface area contributed by atoms with E-state index in [1.54, 1.807) is 24.5 Å². The standard InChI is InChI=1S/C17H21FN4O/c1-21-6-8-22(9-7-21)17-19-10-14(11-20-17)16(12-23)13-2-4-15(18)5-3-13/h2-5,10-11,16,23H,6-9,12H2,1H3. The van der Waals surface area contributed by atoms with Gasteiger partial charge in [-0.2, -0.15) is 0 Å². The van der Waals surface area contributed by atoms with Crippen LogP contribution in [0.1, 0.15) is 17.0 Å². The van der Waals surface area contributed by atoms with Gasteiger partial charge in [0.25, 0.3) is 0 Å². The second-order valence-corrected chi connectivity index (χ2v) is 5.89. The summed E-state index contributed by atoms with van der Waals surface area (Å²) in [5, 5.41) is 9.68. The highest BCUT2D eigenvalue weighted by Crippen LogP contribution is 2.24. The summed E-state index contributed by atoms with van der Waals surface area (Å²) in [6, 6.07) is 6.17. The van der Waals surface area contributed by atoms with Crippen LogP contribution in [-0.4, -0.2) is 59.8 Å². The van der Waals surface area contributed by atoms with Crippen LogP contribution in [0, 0.1) is 5.82 Å². The van der Waals surface area contributed by atoms with Crippen LogP contribution >= 0.6 is 0 Å². The van der Waals surface area contributed by atoms with Crippen LogP contribution < -0.4 is 4.90 Å². The second-order valence-electron chi connectivity index (χ2n) is 5.89. The van der Waals surface area contributed by atoms with E-state index in [4.69, 9.17) is 0 Å². The lowest BCUT2D eigenvalue weighted by Crippen LogP contribution is -2.45. The van der Waals surface area contributed by atoms with E-state index in [1.807, 2.05) is 0 Å². The molecule has 1 aromatic carbocycles. The Hall–Kier alpha value is -2.05. The number of hydrogen-bond acceptors (Lipinski definition) is 5. The fourth-order valence-corrected chi connectivity index (χ4v) is 2.78. The summed E-state index contributed by atoms with van der Waals surface area (Å²) in [4.78, 5) is 13.3. The topological polar surface area (TPSA) is 52.5 Å². The molecular formula is C17H21FN4O. The minimum atomic E-state index is -0.285. The molecule has 1 fully saturated rings. The van der Waals surface area contributed by atoms with Gasteiger partial charge in [-0.05, 0) is 30.3 Å². The molecule has 1 aliphatic rings. The van der Waals surface area contributed by atoms with E-state index in [-0.39, 0.29) is 18.3 Å². The lowest BCUT2D eigenvalue weighted by molar-refractivity contribution is 0.280. The molecule has 0 saturated carbocycles. The molecule has 0 amide bonds. The number of aromatic nitrogens is 2. The molecule has 122 valence electrons. The lowest BCUT2D eigenvalue weighted by atomic mass is 9.94. The average molecular weight is 316 g/mol. The number of aliphatic hydroxyl groups excluding tert-OH is 1. The first-order valence-electron chi connectivity index (χ1n) is 7.79. The summed E-state index contributed by atoms with van der Waals surface area (Å²) < 4.78 is 13.0. The molecule has 0 radical (unpaired) electrons. The molecule has 0 aliphatic carbocycles. The maximum absolute atomic E-state index is 13.0. The number of halogens is 1. The highest BCUT2D eigenvalue weighted by Gasteiger charge is 2.18. The van der Waals surface area contributed by atoms with E-state index >= 15 is 0 Å². The summed E-state index contributed by atoms with van der Waals surface area (Å²) in [6.45, 7) is 3.76. The molecule has 6 heteroatoms. The molecule has 2 aromatic rings. The number of likely N-dealkylation sites (N-methyl/N-ethyl adjacent to an activating group) is 1. The highest BCUT2D eigenvalue weighted by molar-refractivity contribution is 5.35. The normalized spacial score (nSPS) is 17.3. The van der Waals surface area contributed by atoms with Gasteiger partial charge in [0.05, 0.1) is 6.61 Å². The van der Waals surface area contributed by atoms with Crippen LogP contribution in [-0.2, 0) is 0 Å². The maximum Gasteiger partial charge on any atom is 0.225 e. The van der Waals surface area contributed by atoms with Gasteiger partial charge in [-0.3, -0.25) is 0 Å². The van der Waals surface area contributed by atoms with Crippen molar-refractivity contribution in [3.8, 4) is 0 Å². The SMILES string of the molecule is CN1CCN(c2ncc(C(CO)c3ccc(F)cc3)cn2)CC1. The van der Waals surface area contributed by atoms with Crippen LogP contribution in [0.15, 0.2) is 36.7 Å². The Labute approximate surface area is 135 Å². The third kappa shape index (κ3) is 3.65. The molecule has 5 nitrogen and oxygen atoms in total. The van der Waals surface area contributed by atoms with Crippen molar-refractivity contribution < 1.29 is 9.50 Å². The maximum atomic E-state index is 13.0. The van der Waals surface area contributed by atoms with Crippen LogP contribution in [0.3, 0.4) is 0 Å². The first kappa shape index (κ1) is 15.8. The minimum Gasteiger partial charge on any atom is -0.395 e. The van der Waals surface area contributed by atoms with Gasteiger partial charge in [-0.15, -0.1) is 0 Å². The number of aliphatic hydroxyl groups is 1. The summed E-state index contributed by atoms with van der Waals surface area (Å²) in [7, 11) is 2.11. The number of benzene rings is 1. The van der Waals surface area contributed by atoms with Gasteiger partial charge in [0.1, 0.15) is 5.82 Å². The Morgan fingerprint density at radius 1 is 1.04 bits per heavy atom. The zero-order valence-corrected chi connectivity index (χ0v) is 13.2. The van der Waals surface area contributed by atoms with E-state index in [1.165, 1.54) is 12.1 Å². The lowest BCUT2D eigenvalue weighted by Gasteiger charge is -2.32. The summed E-state index contributed by atoms with van der Waals surface area (Å²) in [5.74, 6) is 0.196. The van der Waals surface area contributed by atoms with Crippen LogP contribution in [0.4, 0.5) is 10.3 Å². The number of nitrogens with zero attached hydrogens (tertiary/aromatic N) is 4. The van der Waals surface area contributed by atoms with E-state index in [0.29, 0.717) is 0 Å². The Kier molecular flexibility index (Phi) is 4.83. The van der Waals surface area contributed by atoms with Crippen molar-refractivity contribution in [3.05, 3.63) is 53.6 Å². The quantitative estimate of drug-likeness (QED) is 0.926. The zero-order chi connectivity index (χ0) is 16.2. The van der Waals surface area contributed by atoms with Crippen molar-refractivity contribution in [2.45, 2.75) is 5.92 Å².